The molecule has 2 aromatic heterocycles. The van der Waals surface area contributed by atoms with Crippen molar-refractivity contribution in [1.29, 1.82) is 0 Å². The van der Waals surface area contributed by atoms with Gasteiger partial charge in [-0.3, -0.25) is 4.79 Å². The third-order valence-electron chi connectivity index (χ3n) is 5.10. The molecular weight excluding hydrogens is 379 g/mol. The zero-order valence-electron chi connectivity index (χ0n) is 16.8. The standard InChI is InChI=1S/C25H23FN2O2/c1-3-12-27(16-19-9-7-18(2)8-10-19)25(29)23-15-24-22(11-13-30-24)28(23)17-20-5-4-6-21(26)14-20/h3-11,13-15H,1,12,16-17H2,2H3. The van der Waals surface area contributed by atoms with E-state index in [-0.39, 0.29) is 11.7 Å². The highest BCUT2D eigenvalue weighted by Crippen LogP contribution is 2.24. The molecule has 5 heteroatoms. The minimum absolute atomic E-state index is 0.127. The number of carbonyl (C=O) groups is 1. The van der Waals surface area contributed by atoms with Crippen molar-refractivity contribution in [2.45, 2.75) is 20.0 Å². The summed E-state index contributed by atoms with van der Waals surface area (Å²) in [6.07, 6.45) is 3.31. The van der Waals surface area contributed by atoms with Crippen LogP contribution in [0.4, 0.5) is 4.39 Å². The molecule has 4 nitrogen and oxygen atoms in total. The lowest BCUT2D eigenvalue weighted by Gasteiger charge is -2.22. The molecule has 0 saturated heterocycles. The fourth-order valence-electron chi connectivity index (χ4n) is 3.59. The maximum Gasteiger partial charge on any atom is 0.271 e. The van der Waals surface area contributed by atoms with E-state index in [4.69, 9.17) is 4.42 Å². The zero-order valence-corrected chi connectivity index (χ0v) is 16.8. The van der Waals surface area contributed by atoms with Gasteiger partial charge in [0, 0.05) is 31.8 Å². The first-order valence-corrected chi connectivity index (χ1v) is 9.82. The van der Waals surface area contributed by atoms with Crippen LogP contribution in [0, 0.1) is 12.7 Å². The van der Waals surface area contributed by atoms with Crippen LogP contribution in [-0.4, -0.2) is 21.9 Å². The maximum atomic E-state index is 13.7. The average Bonchev–Trinajstić information content (AvgIpc) is 3.31. The first kappa shape index (κ1) is 19.7. The number of benzene rings is 2. The summed E-state index contributed by atoms with van der Waals surface area (Å²) in [4.78, 5) is 15.2. The molecule has 0 saturated carbocycles. The second-order valence-electron chi connectivity index (χ2n) is 7.38. The van der Waals surface area contributed by atoms with Gasteiger partial charge in [0.25, 0.3) is 5.91 Å². The first-order valence-electron chi connectivity index (χ1n) is 9.82. The molecule has 30 heavy (non-hydrogen) atoms. The van der Waals surface area contributed by atoms with Crippen LogP contribution in [0.25, 0.3) is 11.1 Å². The Morgan fingerprint density at radius 3 is 2.67 bits per heavy atom. The third kappa shape index (κ3) is 4.06. The highest BCUT2D eigenvalue weighted by Gasteiger charge is 2.22. The first-order chi connectivity index (χ1) is 14.5. The van der Waals surface area contributed by atoms with Crippen LogP contribution in [0.15, 0.2) is 84.0 Å². The lowest BCUT2D eigenvalue weighted by molar-refractivity contribution is 0.0752. The van der Waals surface area contributed by atoms with Crippen molar-refractivity contribution >= 4 is 17.0 Å². The molecule has 0 aliphatic rings. The Labute approximate surface area is 174 Å². The summed E-state index contributed by atoms with van der Waals surface area (Å²) >= 11 is 0. The largest absolute Gasteiger partial charge is 0.463 e. The van der Waals surface area contributed by atoms with E-state index in [2.05, 4.69) is 6.58 Å². The number of aryl methyl sites for hydroxylation is 1. The number of carbonyl (C=O) groups excluding carboxylic acids is 1. The summed E-state index contributed by atoms with van der Waals surface area (Å²) in [5.41, 5.74) is 4.92. The predicted molar refractivity (Wildman–Crippen MR) is 116 cm³/mol. The van der Waals surface area contributed by atoms with Crippen molar-refractivity contribution in [2.24, 2.45) is 0 Å². The van der Waals surface area contributed by atoms with Crippen LogP contribution in [0.2, 0.25) is 0 Å². The van der Waals surface area contributed by atoms with Gasteiger partial charge in [0.2, 0.25) is 0 Å². The van der Waals surface area contributed by atoms with E-state index in [0.717, 1.165) is 16.6 Å². The van der Waals surface area contributed by atoms with Gasteiger partial charge in [0.15, 0.2) is 5.58 Å². The van der Waals surface area contributed by atoms with E-state index in [9.17, 15) is 9.18 Å². The van der Waals surface area contributed by atoms with Gasteiger partial charge in [-0.05, 0) is 30.2 Å². The summed E-state index contributed by atoms with van der Waals surface area (Å²) < 4.78 is 21.1. The second kappa shape index (κ2) is 8.41. The molecule has 152 valence electrons. The fraction of sp³-hybridized carbons (Fsp3) is 0.160. The van der Waals surface area contributed by atoms with Crippen LogP contribution in [0.5, 0.6) is 0 Å². The molecule has 0 spiro atoms. The van der Waals surface area contributed by atoms with Crippen molar-refractivity contribution in [3.05, 3.63) is 108 Å². The summed E-state index contributed by atoms with van der Waals surface area (Å²) in [6, 6.07) is 18.1. The summed E-state index contributed by atoms with van der Waals surface area (Å²) in [5.74, 6) is -0.429. The second-order valence-corrected chi connectivity index (χ2v) is 7.38. The number of fused-ring (bicyclic) bond motifs is 1. The predicted octanol–water partition coefficient (Wildman–Crippen LogP) is 5.56. The molecule has 0 aliphatic heterocycles. The topological polar surface area (TPSA) is 38.4 Å². The number of nitrogens with zero attached hydrogens (tertiary/aromatic N) is 2. The zero-order chi connectivity index (χ0) is 21.1. The van der Waals surface area contributed by atoms with Gasteiger partial charge >= 0.3 is 0 Å². The normalized spacial score (nSPS) is 11.0. The molecule has 0 bridgehead atoms. The van der Waals surface area contributed by atoms with Crippen molar-refractivity contribution in [1.82, 2.24) is 9.47 Å². The molecule has 2 heterocycles. The van der Waals surface area contributed by atoms with E-state index < -0.39 is 0 Å². The van der Waals surface area contributed by atoms with Gasteiger partial charge in [0.05, 0.1) is 11.8 Å². The van der Waals surface area contributed by atoms with Crippen LogP contribution < -0.4 is 0 Å². The van der Waals surface area contributed by atoms with Gasteiger partial charge in [-0.2, -0.15) is 0 Å². The molecule has 0 unspecified atom stereocenters. The van der Waals surface area contributed by atoms with Crippen LogP contribution in [0.1, 0.15) is 27.2 Å². The van der Waals surface area contributed by atoms with E-state index >= 15 is 0 Å². The Bertz CT molecular complexity index is 1190. The number of furan rings is 1. The van der Waals surface area contributed by atoms with Crippen molar-refractivity contribution in [3.8, 4) is 0 Å². The number of aromatic nitrogens is 1. The molecule has 0 fully saturated rings. The Morgan fingerprint density at radius 1 is 1.13 bits per heavy atom. The van der Waals surface area contributed by atoms with Crippen LogP contribution in [-0.2, 0) is 13.1 Å². The molecule has 1 amide bonds. The quantitative estimate of drug-likeness (QED) is 0.380. The highest BCUT2D eigenvalue weighted by molar-refractivity contribution is 5.97. The Morgan fingerprint density at radius 2 is 1.93 bits per heavy atom. The van der Waals surface area contributed by atoms with Crippen LogP contribution in [0.3, 0.4) is 0 Å². The lowest BCUT2D eigenvalue weighted by Crippen LogP contribution is -2.32. The van der Waals surface area contributed by atoms with Crippen molar-refractivity contribution in [2.75, 3.05) is 6.54 Å². The fourth-order valence-corrected chi connectivity index (χ4v) is 3.59. The molecule has 0 radical (unpaired) electrons. The Hall–Kier alpha value is -3.60. The SMILES string of the molecule is C=CCN(Cc1ccc(C)cc1)C(=O)c1cc2occc2n1Cc1cccc(F)c1. The Balaban J connectivity index is 1.69. The molecular formula is C25H23FN2O2. The number of halogens is 1. The molecule has 4 aromatic rings. The Kier molecular flexibility index (Phi) is 5.53. The number of rotatable bonds is 7. The van der Waals surface area contributed by atoms with Crippen molar-refractivity contribution < 1.29 is 13.6 Å². The summed E-state index contributed by atoms with van der Waals surface area (Å²) in [7, 11) is 0. The maximum absolute atomic E-state index is 13.7. The van der Waals surface area contributed by atoms with Crippen molar-refractivity contribution in [3.63, 3.8) is 0 Å². The monoisotopic (exact) mass is 402 g/mol. The van der Waals surface area contributed by atoms with E-state index in [1.165, 1.54) is 17.7 Å². The van der Waals surface area contributed by atoms with Gasteiger partial charge in [0.1, 0.15) is 11.5 Å². The molecule has 2 aromatic carbocycles. The number of amides is 1. The minimum atomic E-state index is -0.302. The molecule has 0 N–H and O–H groups in total. The number of hydrogen-bond acceptors (Lipinski definition) is 2. The minimum Gasteiger partial charge on any atom is -0.463 e. The van der Waals surface area contributed by atoms with E-state index in [0.29, 0.717) is 30.9 Å². The van der Waals surface area contributed by atoms with Crippen LogP contribution >= 0.6 is 0 Å². The van der Waals surface area contributed by atoms with Gasteiger partial charge < -0.3 is 13.9 Å². The lowest BCUT2D eigenvalue weighted by atomic mass is 10.1. The number of hydrogen-bond donors (Lipinski definition) is 0. The van der Waals surface area contributed by atoms with Gasteiger partial charge in [-0.25, -0.2) is 4.39 Å². The molecule has 0 aliphatic carbocycles. The third-order valence-corrected chi connectivity index (χ3v) is 5.10. The molecule has 0 atom stereocenters. The molecule has 4 rings (SSSR count). The highest BCUT2D eigenvalue weighted by atomic mass is 19.1. The van der Waals surface area contributed by atoms with Gasteiger partial charge in [-0.15, -0.1) is 6.58 Å². The smallest absolute Gasteiger partial charge is 0.271 e. The van der Waals surface area contributed by atoms with E-state index in [1.807, 2.05) is 47.9 Å². The average molecular weight is 402 g/mol. The van der Waals surface area contributed by atoms with Gasteiger partial charge in [-0.1, -0.05) is 48.0 Å². The summed E-state index contributed by atoms with van der Waals surface area (Å²) in [6.45, 7) is 7.09. The van der Waals surface area contributed by atoms with E-state index in [1.54, 1.807) is 29.4 Å². The summed E-state index contributed by atoms with van der Waals surface area (Å²) in [5, 5.41) is 0.